The predicted octanol–water partition coefficient (Wildman–Crippen LogP) is 7.07. The molecule has 0 saturated carbocycles. The van der Waals surface area contributed by atoms with Gasteiger partial charge in [-0.1, -0.05) is 72.8 Å². The lowest BCUT2D eigenvalue weighted by Crippen LogP contribution is -1.97. The summed E-state index contributed by atoms with van der Waals surface area (Å²) in [5.74, 6) is 0. The monoisotopic (exact) mass is 452 g/mol. The standard InChI is InChI=1S/C31H24N4/c1-32-26-15-7-5-13-22(26)30-24(20-11-3-9-17-28(20)34(30)32)19-25-21-12-4-10-18-29(21)35-31(25)23-14-6-8-16-27(23)33(35)2/h3-18H,19H2,1-2H3. The molecule has 4 nitrogen and oxygen atoms in total. The third-order valence-electron chi connectivity index (χ3n) is 7.88. The summed E-state index contributed by atoms with van der Waals surface area (Å²) in [4.78, 5) is 0. The lowest BCUT2D eigenvalue weighted by atomic mass is 9.98. The summed E-state index contributed by atoms with van der Waals surface area (Å²) >= 11 is 0. The summed E-state index contributed by atoms with van der Waals surface area (Å²) in [6.07, 6.45) is 0.871. The first kappa shape index (κ1) is 18.9. The Morgan fingerprint density at radius 2 is 0.771 bits per heavy atom. The van der Waals surface area contributed by atoms with E-state index in [-0.39, 0.29) is 0 Å². The molecule has 0 amide bonds. The molecule has 0 spiro atoms. The Morgan fingerprint density at radius 3 is 1.20 bits per heavy atom. The summed E-state index contributed by atoms with van der Waals surface area (Å²) in [5, 5.41) is 5.26. The molecule has 0 aliphatic carbocycles. The van der Waals surface area contributed by atoms with Gasteiger partial charge in [0.2, 0.25) is 0 Å². The molecule has 0 bridgehead atoms. The Bertz CT molecular complexity index is 1940. The number of benzene rings is 4. The molecular weight excluding hydrogens is 428 g/mol. The van der Waals surface area contributed by atoms with Gasteiger partial charge in [0.1, 0.15) is 0 Å². The molecule has 8 aromatic rings. The first-order chi connectivity index (χ1) is 17.2. The van der Waals surface area contributed by atoms with Crippen LogP contribution in [0.4, 0.5) is 0 Å². The molecular formula is C31H24N4. The van der Waals surface area contributed by atoms with Gasteiger partial charge in [-0.15, -0.1) is 0 Å². The minimum Gasteiger partial charge on any atom is -0.283 e. The third-order valence-corrected chi connectivity index (χ3v) is 7.88. The van der Waals surface area contributed by atoms with Gasteiger partial charge in [-0.25, -0.2) is 0 Å². The van der Waals surface area contributed by atoms with Gasteiger partial charge >= 0.3 is 0 Å². The lowest BCUT2D eigenvalue weighted by molar-refractivity contribution is 0.753. The number of nitrogens with zero attached hydrogens (tertiary/aromatic N) is 4. The van der Waals surface area contributed by atoms with Crippen molar-refractivity contribution in [3.05, 3.63) is 108 Å². The molecule has 35 heavy (non-hydrogen) atoms. The number of hydrogen-bond donors (Lipinski definition) is 0. The van der Waals surface area contributed by atoms with Crippen molar-refractivity contribution in [3.8, 4) is 0 Å². The van der Waals surface area contributed by atoms with E-state index < -0.39 is 0 Å². The topological polar surface area (TPSA) is 18.7 Å². The van der Waals surface area contributed by atoms with Crippen molar-refractivity contribution in [3.63, 3.8) is 0 Å². The van der Waals surface area contributed by atoms with Crippen molar-refractivity contribution >= 4 is 54.6 Å². The molecule has 0 aliphatic rings. The van der Waals surface area contributed by atoms with Crippen LogP contribution in [-0.4, -0.2) is 18.4 Å². The number of aromatic nitrogens is 4. The van der Waals surface area contributed by atoms with Crippen molar-refractivity contribution < 1.29 is 0 Å². The van der Waals surface area contributed by atoms with E-state index in [4.69, 9.17) is 0 Å². The van der Waals surface area contributed by atoms with Gasteiger partial charge < -0.3 is 0 Å². The highest BCUT2D eigenvalue weighted by molar-refractivity contribution is 6.09. The highest BCUT2D eigenvalue weighted by atomic mass is 15.4. The lowest BCUT2D eigenvalue weighted by Gasteiger charge is -2.03. The zero-order valence-corrected chi connectivity index (χ0v) is 19.7. The summed E-state index contributed by atoms with van der Waals surface area (Å²) in [6.45, 7) is 0. The van der Waals surface area contributed by atoms with Gasteiger partial charge in [0, 0.05) is 42.1 Å². The zero-order chi connectivity index (χ0) is 23.3. The molecule has 168 valence electrons. The predicted molar refractivity (Wildman–Crippen MR) is 146 cm³/mol. The molecule has 4 aromatic carbocycles. The van der Waals surface area contributed by atoms with Crippen molar-refractivity contribution in [2.75, 3.05) is 0 Å². The summed E-state index contributed by atoms with van der Waals surface area (Å²) in [5.41, 5.74) is 10.4. The van der Waals surface area contributed by atoms with Crippen LogP contribution in [0.25, 0.3) is 54.6 Å². The maximum absolute atomic E-state index is 2.40. The summed E-state index contributed by atoms with van der Waals surface area (Å²) < 4.78 is 9.38. The van der Waals surface area contributed by atoms with Crippen molar-refractivity contribution in [1.29, 1.82) is 0 Å². The smallest absolute Gasteiger partial charge is 0.0768 e. The van der Waals surface area contributed by atoms with Crippen LogP contribution in [-0.2, 0) is 20.5 Å². The fourth-order valence-electron chi connectivity index (χ4n) is 6.42. The van der Waals surface area contributed by atoms with Crippen LogP contribution in [0.1, 0.15) is 11.1 Å². The van der Waals surface area contributed by atoms with Crippen LogP contribution in [0.2, 0.25) is 0 Å². The second kappa shape index (κ2) is 6.57. The molecule has 0 unspecified atom stereocenters. The number of aryl methyl sites for hydroxylation is 2. The molecule has 0 saturated heterocycles. The quantitative estimate of drug-likeness (QED) is 0.267. The van der Waals surface area contributed by atoms with Crippen molar-refractivity contribution in [1.82, 2.24) is 18.4 Å². The van der Waals surface area contributed by atoms with E-state index in [0.717, 1.165) is 6.42 Å². The normalized spacial score (nSPS) is 12.4. The van der Waals surface area contributed by atoms with Gasteiger partial charge in [0.05, 0.1) is 33.1 Å². The average molecular weight is 453 g/mol. The molecule has 4 heteroatoms. The largest absolute Gasteiger partial charge is 0.283 e. The number of para-hydroxylation sites is 4. The van der Waals surface area contributed by atoms with Crippen LogP contribution in [0.3, 0.4) is 0 Å². The second-order valence-electron chi connectivity index (χ2n) is 9.57. The van der Waals surface area contributed by atoms with E-state index in [1.165, 1.54) is 65.8 Å². The maximum Gasteiger partial charge on any atom is 0.0768 e. The Kier molecular flexibility index (Phi) is 3.56. The minimum atomic E-state index is 0.871. The SMILES string of the molecule is Cn1c2ccccc2c2c(Cc3c4ccccc4n4c3c3ccccc3n4C)c3ccccc3n21. The highest BCUT2D eigenvalue weighted by Gasteiger charge is 2.23. The van der Waals surface area contributed by atoms with Gasteiger partial charge in [-0.05, 0) is 35.4 Å². The molecule has 8 rings (SSSR count). The molecule has 4 aromatic heterocycles. The van der Waals surface area contributed by atoms with Gasteiger partial charge in [0.25, 0.3) is 0 Å². The Balaban J connectivity index is 1.55. The molecule has 0 fully saturated rings. The molecule has 4 heterocycles. The molecule has 0 atom stereocenters. The number of fused-ring (bicyclic) bond motifs is 10. The Morgan fingerprint density at radius 1 is 0.429 bits per heavy atom. The van der Waals surface area contributed by atoms with Crippen LogP contribution < -0.4 is 0 Å². The fraction of sp³-hybridized carbons (Fsp3) is 0.0968. The van der Waals surface area contributed by atoms with E-state index >= 15 is 0 Å². The van der Waals surface area contributed by atoms with E-state index in [9.17, 15) is 0 Å². The average Bonchev–Trinajstić information content (AvgIpc) is 3.59. The molecule has 0 N–H and O–H groups in total. The highest BCUT2D eigenvalue weighted by Crippen LogP contribution is 2.39. The first-order valence-electron chi connectivity index (χ1n) is 12.2. The van der Waals surface area contributed by atoms with Crippen LogP contribution in [0.5, 0.6) is 0 Å². The minimum absolute atomic E-state index is 0.871. The van der Waals surface area contributed by atoms with E-state index in [2.05, 4.69) is 130 Å². The fourth-order valence-corrected chi connectivity index (χ4v) is 6.42. The number of hydrogen-bond acceptors (Lipinski definition) is 0. The van der Waals surface area contributed by atoms with Crippen LogP contribution in [0.15, 0.2) is 97.1 Å². The Labute approximate surface area is 201 Å². The van der Waals surface area contributed by atoms with E-state index in [1.54, 1.807) is 0 Å². The zero-order valence-electron chi connectivity index (χ0n) is 19.7. The van der Waals surface area contributed by atoms with Crippen LogP contribution >= 0.6 is 0 Å². The molecule has 0 aliphatic heterocycles. The summed E-state index contributed by atoms with van der Waals surface area (Å²) in [7, 11) is 4.34. The van der Waals surface area contributed by atoms with E-state index in [0.29, 0.717) is 0 Å². The maximum atomic E-state index is 2.40. The van der Waals surface area contributed by atoms with Gasteiger partial charge in [-0.2, -0.15) is 0 Å². The second-order valence-corrected chi connectivity index (χ2v) is 9.57. The van der Waals surface area contributed by atoms with Crippen LogP contribution in [0, 0.1) is 0 Å². The Hall–Kier alpha value is -4.44. The van der Waals surface area contributed by atoms with Gasteiger partial charge in [0.15, 0.2) is 0 Å². The van der Waals surface area contributed by atoms with E-state index in [1.807, 2.05) is 0 Å². The molecule has 0 radical (unpaired) electrons. The summed E-state index contributed by atoms with van der Waals surface area (Å²) in [6, 6.07) is 35.2. The van der Waals surface area contributed by atoms with Crippen molar-refractivity contribution in [2.24, 2.45) is 14.1 Å². The third kappa shape index (κ3) is 2.27. The van der Waals surface area contributed by atoms with Gasteiger partial charge in [-0.3, -0.25) is 18.4 Å². The van der Waals surface area contributed by atoms with Crippen molar-refractivity contribution in [2.45, 2.75) is 6.42 Å². The number of rotatable bonds is 2. The first-order valence-corrected chi connectivity index (χ1v) is 12.2.